The Morgan fingerprint density at radius 2 is 1.85 bits per heavy atom. The number of hydrogen-bond acceptors (Lipinski definition) is 4. The molecule has 1 fully saturated rings. The highest BCUT2D eigenvalue weighted by Gasteiger charge is 2.27. The lowest BCUT2D eigenvalue weighted by atomic mass is 9.95. The van der Waals surface area contributed by atoms with Gasteiger partial charge in [-0.2, -0.15) is 11.3 Å². The summed E-state index contributed by atoms with van der Waals surface area (Å²) in [5.74, 6) is 0.162. The predicted octanol–water partition coefficient (Wildman–Crippen LogP) is 2.82. The maximum absolute atomic E-state index is 12.9. The zero-order valence-corrected chi connectivity index (χ0v) is 16.6. The molecule has 27 heavy (non-hydrogen) atoms. The first kappa shape index (κ1) is 19.6. The van der Waals surface area contributed by atoms with Crippen molar-refractivity contribution in [2.24, 2.45) is 0 Å². The highest BCUT2D eigenvalue weighted by atomic mass is 32.1. The van der Waals surface area contributed by atoms with E-state index in [2.05, 4.69) is 17.1 Å². The van der Waals surface area contributed by atoms with E-state index >= 15 is 0 Å². The largest absolute Gasteiger partial charge is 0.351 e. The molecule has 0 saturated carbocycles. The van der Waals surface area contributed by atoms with E-state index in [0.29, 0.717) is 6.54 Å². The van der Waals surface area contributed by atoms with Gasteiger partial charge in [-0.15, -0.1) is 0 Å². The van der Waals surface area contributed by atoms with Gasteiger partial charge in [-0.1, -0.05) is 37.3 Å². The molecule has 0 aliphatic carbocycles. The van der Waals surface area contributed by atoms with Crippen molar-refractivity contribution in [2.75, 3.05) is 39.3 Å². The molecule has 1 atom stereocenters. The second-order valence-electron chi connectivity index (χ2n) is 6.81. The standard InChI is InChI=1S/C21H27N3O2S/c1-2-19(17-6-4-3-5-7-17)21(26)24-13-11-23(12-14-24)10-9-22-20(25)18-8-15-27-16-18/h3-8,15-16,19H,2,9-14H2,1H3,(H,22,25). The van der Waals surface area contributed by atoms with Crippen LogP contribution in [0.3, 0.4) is 0 Å². The van der Waals surface area contributed by atoms with Crippen LogP contribution in [0.5, 0.6) is 0 Å². The van der Waals surface area contributed by atoms with E-state index in [9.17, 15) is 9.59 Å². The van der Waals surface area contributed by atoms with Crippen LogP contribution in [0.2, 0.25) is 0 Å². The Kier molecular flexibility index (Phi) is 7.01. The maximum atomic E-state index is 12.9. The molecule has 1 saturated heterocycles. The fourth-order valence-electron chi connectivity index (χ4n) is 3.47. The van der Waals surface area contributed by atoms with Gasteiger partial charge in [0.1, 0.15) is 0 Å². The molecule has 2 aromatic rings. The average molecular weight is 386 g/mol. The number of benzene rings is 1. The number of nitrogens with zero attached hydrogens (tertiary/aromatic N) is 2. The van der Waals surface area contributed by atoms with Crippen molar-refractivity contribution >= 4 is 23.2 Å². The number of hydrogen-bond donors (Lipinski definition) is 1. The highest BCUT2D eigenvalue weighted by Crippen LogP contribution is 2.22. The van der Waals surface area contributed by atoms with Crippen LogP contribution in [0.4, 0.5) is 0 Å². The molecule has 144 valence electrons. The van der Waals surface area contributed by atoms with Gasteiger partial charge >= 0.3 is 0 Å². The van der Waals surface area contributed by atoms with Gasteiger partial charge in [-0.05, 0) is 23.4 Å². The average Bonchev–Trinajstić information content (AvgIpc) is 3.25. The van der Waals surface area contributed by atoms with Gasteiger partial charge in [0, 0.05) is 50.2 Å². The summed E-state index contributed by atoms with van der Waals surface area (Å²) in [7, 11) is 0. The van der Waals surface area contributed by atoms with Crippen LogP contribution in [-0.4, -0.2) is 60.9 Å². The molecule has 1 aliphatic heterocycles. The fourth-order valence-corrected chi connectivity index (χ4v) is 4.11. The molecule has 0 spiro atoms. The zero-order chi connectivity index (χ0) is 19.1. The molecule has 6 heteroatoms. The van der Waals surface area contributed by atoms with Crippen LogP contribution < -0.4 is 5.32 Å². The number of thiophene rings is 1. The summed E-state index contributed by atoms with van der Waals surface area (Å²) in [5.41, 5.74) is 1.82. The van der Waals surface area contributed by atoms with Gasteiger partial charge in [0.2, 0.25) is 5.91 Å². The summed E-state index contributed by atoms with van der Waals surface area (Å²) in [6.45, 7) is 6.72. The molecule has 5 nitrogen and oxygen atoms in total. The van der Waals surface area contributed by atoms with Crippen molar-refractivity contribution < 1.29 is 9.59 Å². The Labute approximate surface area is 165 Å². The van der Waals surface area contributed by atoms with Gasteiger partial charge < -0.3 is 10.2 Å². The van der Waals surface area contributed by atoms with Crippen molar-refractivity contribution in [3.05, 3.63) is 58.3 Å². The van der Waals surface area contributed by atoms with Crippen molar-refractivity contribution in [3.63, 3.8) is 0 Å². The predicted molar refractivity (Wildman–Crippen MR) is 109 cm³/mol. The maximum Gasteiger partial charge on any atom is 0.252 e. The van der Waals surface area contributed by atoms with Crippen LogP contribution in [0.15, 0.2) is 47.2 Å². The lowest BCUT2D eigenvalue weighted by Crippen LogP contribution is -2.51. The third-order valence-corrected chi connectivity index (χ3v) is 5.77. The van der Waals surface area contributed by atoms with Crippen molar-refractivity contribution in [1.29, 1.82) is 0 Å². The van der Waals surface area contributed by atoms with E-state index in [4.69, 9.17) is 0 Å². The fraction of sp³-hybridized carbons (Fsp3) is 0.429. The first-order valence-corrected chi connectivity index (χ1v) is 10.5. The van der Waals surface area contributed by atoms with Crippen LogP contribution in [0, 0.1) is 0 Å². The Hall–Kier alpha value is -2.18. The number of rotatable bonds is 7. The number of nitrogens with one attached hydrogen (secondary N) is 1. The topological polar surface area (TPSA) is 52.7 Å². The molecule has 0 bridgehead atoms. The van der Waals surface area contributed by atoms with Gasteiger partial charge in [0.05, 0.1) is 5.92 Å². The minimum atomic E-state index is -0.0531. The lowest BCUT2D eigenvalue weighted by Gasteiger charge is -2.36. The Bertz CT molecular complexity index is 725. The second kappa shape index (κ2) is 9.67. The normalized spacial score (nSPS) is 16.1. The van der Waals surface area contributed by atoms with E-state index in [1.54, 1.807) is 0 Å². The van der Waals surface area contributed by atoms with E-state index < -0.39 is 0 Å². The number of carbonyl (C=O) groups is 2. The summed E-state index contributed by atoms with van der Waals surface area (Å²) >= 11 is 1.53. The molecular formula is C21H27N3O2S. The molecule has 1 N–H and O–H groups in total. The smallest absolute Gasteiger partial charge is 0.252 e. The zero-order valence-electron chi connectivity index (χ0n) is 15.8. The minimum absolute atomic E-state index is 0.0151. The van der Waals surface area contributed by atoms with Crippen LogP contribution in [0.25, 0.3) is 0 Å². The third-order valence-electron chi connectivity index (χ3n) is 5.09. The van der Waals surface area contributed by atoms with Crippen molar-refractivity contribution in [1.82, 2.24) is 15.1 Å². The second-order valence-corrected chi connectivity index (χ2v) is 7.59. The Balaban J connectivity index is 1.43. The molecule has 3 rings (SSSR count). The first-order chi connectivity index (χ1) is 13.2. The molecule has 1 aliphatic rings. The molecule has 1 unspecified atom stereocenters. The molecular weight excluding hydrogens is 358 g/mol. The quantitative estimate of drug-likeness (QED) is 0.797. The first-order valence-electron chi connectivity index (χ1n) is 9.55. The summed E-state index contributed by atoms with van der Waals surface area (Å²) < 4.78 is 0. The lowest BCUT2D eigenvalue weighted by molar-refractivity contribution is -0.134. The summed E-state index contributed by atoms with van der Waals surface area (Å²) in [6.07, 6.45) is 0.817. The molecule has 1 aromatic heterocycles. The van der Waals surface area contributed by atoms with E-state index in [0.717, 1.165) is 50.3 Å². The monoisotopic (exact) mass is 385 g/mol. The highest BCUT2D eigenvalue weighted by molar-refractivity contribution is 7.08. The molecule has 2 heterocycles. The Morgan fingerprint density at radius 3 is 2.48 bits per heavy atom. The summed E-state index contributed by atoms with van der Waals surface area (Å²) in [4.78, 5) is 29.2. The number of piperazine rings is 1. The number of carbonyl (C=O) groups excluding carboxylic acids is 2. The van der Waals surface area contributed by atoms with Gasteiger partial charge in [-0.25, -0.2) is 0 Å². The van der Waals surface area contributed by atoms with E-state index in [1.807, 2.05) is 52.1 Å². The van der Waals surface area contributed by atoms with Crippen LogP contribution in [-0.2, 0) is 4.79 Å². The summed E-state index contributed by atoms with van der Waals surface area (Å²) in [6, 6.07) is 11.9. The summed E-state index contributed by atoms with van der Waals surface area (Å²) in [5, 5.41) is 6.73. The van der Waals surface area contributed by atoms with Crippen molar-refractivity contribution in [2.45, 2.75) is 19.3 Å². The van der Waals surface area contributed by atoms with E-state index in [-0.39, 0.29) is 17.7 Å². The van der Waals surface area contributed by atoms with Crippen LogP contribution in [0.1, 0.15) is 35.2 Å². The Morgan fingerprint density at radius 1 is 1.11 bits per heavy atom. The number of amides is 2. The van der Waals surface area contributed by atoms with E-state index in [1.165, 1.54) is 11.3 Å². The van der Waals surface area contributed by atoms with Crippen LogP contribution >= 0.6 is 11.3 Å². The molecule has 1 aromatic carbocycles. The SMILES string of the molecule is CCC(C(=O)N1CCN(CCNC(=O)c2ccsc2)CC1)c1ccccc1. The van der Waals surface area contributed by atoms with Crippen molar-refractivity contribution in [3.8, 4) is 0 Å². The minimum Gasteiger partial charge on any atom is -0.351 e. The third kappa shape index (κ3) is 5.17. The molecule has 0 radical (unpaired) electrons. The van der Waals surface area contributed by atoms with Gasteiger partial charge in [0.15, 0.2) is 0 Å². The van der Waals surface area contributed by atoms with Gasteiger partial charge in [0.25, 0.3) is 5.91 Å². The van der Waals surface area contributed by atoms with Gasteiger partial charge in [-0.3, -0.25) is 14.5 Å². The molecule has 2 amide bonds.